The van der Waals surface area contributed by atoms with Gasteiger partial charge in [-0.05, 0) is 28.4 Å². The van der Waals surface area contributed by atoms with Crippen molar-refractivity contribution in [1.29, 1.82) is 0 Å². The second-order valence-electron chi connectivity index (χ2n) is 5.41. The molecule has 0 spiro atoms. The van der Waals surface area contributed by atoms with E-state index in [2.05, 4.69) is 34.8 Å². The van der Waals surface area contributed by atoms with Gasteiger partial charge in [0.15, 0.2) is 0 Å². The Kier molecular flexibility index (Phi) is 3.21. The van der Waals surface area contributed by atoms with E-state index in [1.807, 2.05) is 42.3 Å². The average molecular weight is 333 g/mol. The summed E-state index contributed by atoms with van der Waals surface area (Å²) < 4.78 is 0.886. The van der Waals surface area contributed by atoms with Gasteiger partial charge in [-0.25, -0.2) is 0 Å². The first-order valence-electron chi connectivity index (χ1n) is 6.76. The van der Waals surface area contributed by atoms with Crippen molar-refractivity contribution in [2.24, 2.45) is 0 Å². The van der Waals surface area contributed by atoms with Crippen molar-refractivity contribution in [3.8, 4) is 11.1 Å². The molecule has 3 nitrogen and oxygen atoms in total. The molecule has 1 aromatic carbocycles. The molecule has 104 valence electrons. The predicted molar refractivity (Wildman–Crippen MR) is 83.9 cm³/mol. The summed E-state index contributed by atoms with van der Waals surface area (Å²) in [5.41, 5.74) is 3.86. The van der Waals surface area contributed by atoms with Crippen LogP contribution in [0.15, 0.2) is 34.9 Å². The molecule has 1 aliphatic heterocycles. The summed E-state index contributed by atoms with van der Waals surface area (Å²) in [6, 6.07) is 10.2. The average Bonchev–Trinajstić information content (AvgIpc) is 2.81. The molecule has 1 aromatic heterocycles. The summed E-state index contributed by atoms with van der Waals surface area (Å²) in [6.45, 7) is 4.24. The van der Waals surface area contributed by atoms with Crippen LogP contribution in [0, 0.1) is 0 Å². The van der Waals surface area contributed by atoms with Crippen molar-refractivity contribution in [2.75, 3.05) is 7.05 Å². The van der Waals surface area contributed by atoms with E-state index in [0.717, 1.165) is 27.0 Å². The zero-order chi connectivity index (χ0) is 14.4. The Morgan fingerprint density at radius 2 is 1.80 bits per heavy atom. The number of nitrogens with one attached hydrogen (secondary N) is 1. The zero-order valence-corrected chi connectivity index (χ0v) is 13.4. The van der Waals surface area contributed by atoms with Crippen LogP contribution in [0.25, 0.3) is 11.1 Å². The molecule has 3 rings (SSSR count). The van der Waals surface area contributed by atoms with Gasteiger partial charge in [0.1, 0.15) is 0 Å². The van der Waals surface area contributed by atoms with Crippen molar-refractivity contribution in [1.82, 2.24) is 9.88 Å². The summed E-state index contributed by atoms with van der Waals surface area (Å²) in [6.07, 6.45) is 0. The fraction of sp³-hybridized carbons (Fsp3) is 0.312. The summed E-state index contributed by atoms with van der Waals surface area (Å²) in [5, 5.41) is 0. The van der Waals surface area contributed by atoms with Gasteiger partial charge in [-0.15, -0.1) is 0 Å². The number of aromatic nitrogens is 1. The number of likely N-dealkylation sites (N-methyl/N-ethyl adjacent to an activating group) is 1. The number of hydrogen-bond acceptors (Lipinski definition) is 1. The maximum absolute atomic E-state index is 12.7. The van der Waals surface area contributed by atoms with Crippen molar-refractivity contribution in [3.05, 3.63) is 46.2 Å². The molecular formula is C16H17BrN2O. The van der Waals surface area contributed by atoms with Crippen LogP contribution in [-0.4, -0.2) is 28.9 Å². The molecular weight excluding hydrogens is 316 g/mol. The number of nitrogens with zero attached hydrogens (tertiary/aromatic N) is 1. The molecule has 4 heteroatoms. The third-order valence-corrected chi connectivity index (χ3v) is 4.96. The normalized spacial score (nSPS) is 22.0. The number of carbonyl (C=O) groups is 1. The third-order valence-electron chi connectivity index (χ3n) is 4.37. The Morgan fingerprint density at radius 3 is 2.45 bits per heavy atom. The van der Waals surface area contributed by atoms with E-state index >= 15 is 0 Å². The van der Waals surface area contributed by atoms with Gasteiger partial charge in [0, 0.05) is 30.3 Å². The minimum Gasteiger partial charge on any atom is -0.352 e. The van der Waals surface area contributed by atoms with E-state index in [1.54, 1.807) is 0 Å². The van der Waals surface area contributed by atoms with Crippen LogP contribution in [0.3, 0.4) is 0 Å². The van der Waals surface area contributed by atoms with Gasteiger partial charge in [-0.1, -0.05) is 37.3 Å². The van der Waals surface area contributed by atoms with Crippen LogP contribution in [0.4, 0.5) is 0 Å². The van der Waals surface area contributed by atoms with Gasteiger partial charge in [0.05, 0.1) is 10.2 Å². The molecule has 2 unspecified atom stereocenters. The summed E-state index contributed by atoms with van der Waals surface area (Å²) >= 11 is 3.58. The van der Waals surface area contributed by atoms with Gasteiger partial charge in [-0.3, -0.25) is 4.79 Å². The Morgan fingerprint density at radius 1 is 1.15 bits per heavy atom. The molecule has 1 amide bonds. The highest BCUT2D eigenvalue weighted by atomic mass is 79.9. The maximum atomic E-state index is 12.7. The molecule has 2 atom stereocenters. The Labute approximate surface area is 127 Å². The SMILES string of the molecule is CC1c2[nH]c(Br)c(-c3ccccc3)c2C(=O)N(C)C1C. The van der Waals surface area contributed by atoms with Gasteiger partial charge in [0.25, 0.3) is 5.91 Å². The molecule has 1 N–H and O–H groups in total. The Hall–Kier alpha value is -1.55. The minimum atomic E-state index is 0.0893. The number of halogens is 1. The number of rotatable bonds is 1. The van der Waals surface area contributed by atoms with Crippen LogP contribution in [-0.2, 0) is 0 Å². The van der Waals surface area contributed by atoms with Gasteiger partial charge >= 0.3 is 0 Å². The first kappa shape index (κ1) is 13.4. The van der Waals surface area contributed by atoms with E-state index in [0.29, 0.717) is 5.92 Å². The second-order valence-corrected chi connectivity index (χ2v) is 6.21. The molecule has 0 radical (unpaired) electrons. The van der Waals surface area contributed by atoms with Gasteiger partial charge < -0.3 is 9.88 Å². The van der Waals surface area contributed by atoms with E-state index in [9.17, 15) is 4.79 Å². The van der Waals surface area contributed by atoms with Crippen LogP contribution in [0.1, 0.15) is 35.8 Å². The smallest absolute Gasteiger partial charge is 0.256 e. The lowest BCUT2D eigenvalue weighted by Gasteiger charge is -2.35. The predicted octanol–water partition coefficient (Wildman–Crippen LogP) is 4.02. The van der Waals surface area contributed by atoms with Gasteiger partial charge in [-0.2, -0.15) is 0 Å². The maximum Gasteiger partial charge on any atom is 0.256 e. The van der Waals surface area contributed by atoms with Crippen LogP contribution in [0.2, 0.25) is 0 Å². The summed E-state index contributed by atoms with van der Waals surface area (Å²) in [7, 11) is 1.88. The van der Waals surface area contributed by atoms with Crippen LogP contribution >= 0.6 is 15.9 Å². The zero-order valence-electron chi connectivity index (χ0n) is 11.8. The number of amides is 1. The van der Waals surface area contributed by atoms with Crippen molar-refractivity contribution < 1.29 is 4.79 Å². The fourth-order valence-corrected chi connectivity index (χ4v) is 3.51. The molecule has 0 aliphatic carbocycles. The topological polar surface area (TPSA) is 36.1 Å². The Bertz CT molecular complexity index is 663. The van der Waals surface area contributed by atoms with E-state index in [-0.39, 0.29) is 11.9 Å². The summed E-state index contributed by atoms with van der Waals surface area (Å²) in [5.74, 6) is 0.382. The molecule has 2 aromatic rings. The molecule has 0 saturated carbocycles. The number of fused-ring (bicyclic) bond motifs is 1. The molecule has 0 fully saturated rings. The van der Waals surface area contributed by atoms with Crippen LogP contribution < -0.4 is 0 Å². The Balaban J connectivity index is 2.26. The van der Waals surface area contributed by atoms with E-state index < -0.39 is 0 Å². The number of benzene rings is 1. The number of carbonyl (C=O) groups excluding carboxylic acids is 1. The molecule has 0 bridgehead atoms. The monoisotopic (exact) mass is 332 g/mol. The highest BCUT2D eigenvalue weighted by molar-refractivity contribution is 9.10. The molecule has 2 heterocycles. The van der Waals surface area contributed by atoms with Crippen LogP contribution in [0.5, 0.6) is 0 Å². The lowest BCUT2D eigenvalue weighted by atomic mass is 9.88. The molecule has 1 aliphatic rings. The highest BCUT2D eigenvalue weighted by Gasteiger charge is 2.37. The van der Waals surface area contributed by atoms with E-state index in [1.165, 1.54) is 0 Å². The molecule has 0 saturated heterocycles. The lowest BCUT2D eigenvalue weighted by Crippen LogP contribution is -2.43. The second kappa shape index (κ2) is 4.77. The quantitative estimate of drug-likeness (QED) is 0.841. The number of aromatic amines is 1. The van der Waals surface area contributed by atoms with Gasteiger partial charge in [0.2, 0.25) is 0 Å². The van der Waals surface area contributed by atoms with Crippen molar-refractivity contribution in [3.63, 3.8) is 0 Å². The first-order valence-corrected chi connectivity index (χ1v) is 7.55. The number of hydrogen-bond donors (Lipinski definition) is 1. The standard InChI is InChI=1S/C16H17BrN2O/c1-9-10(2)19(3)16(20)13-12(15(17)18-14(9)13)11-7-5-4-6-8-11/h4-10,18H,1-3H3. The largest absolute Gasteiger partial charge is 0.352 e. The molecule has 20 heavy (non-hydrogen) atoms. The minimum absolute atomic E-state index is 0.0893. The number of H-pyrrole nitrogens is 1. The van der Waals surface area contributed by atoms with Crippen molar-refractivity contribution >= 4 is 21.8 Å². The highest BCUT2D eigenvalue weighted by Crippen LogP contribution is 2.41. The summed E-state index contributed by atoms with van der Waals surface area (Å²) in [4.78, 5) is 17.9. The fourth-order valence-electron chi connectivity index (χ4n) is 2.87. The van der Waals surface area contributed by atoms with Crippen molar-refractivity contribution in [2.45, 2.75) is 25.8 Å². The first-order chi connectivity index (χ1) is 9.52. The lowest BCUT2D eigenvalue weighted by molar-refractivity contribution is 0.0697. The van der Waals surface area contributed by atoms with E-state index in [4.69, 9.17) is 0 Å². The third kappa shape index (κ3) is 1.82.